The van der Waals surface area contributed by atoms with Crippen LogP contribution in [-0.2, 0) is 47.5 Å². The Morgan fingerprint density at radius 2 is 0.773 bits per heavy atom. The number of nitrogens with zero attached hydrogens (tertiary/aromatic N) is 1. The van der Waals surface area contributed by atoms with Crippen molar-refractivity contribution in [2.45, 2.75) is 226 Å². The third-order valence-corrected chi connectivity index (χ3v) is 11.5. The van der Waals surface area contributed by atoms with Crippen LogP contribution in [0.5, 0.6) is 0 Å². The highest BCUT2D eigenvalue weighted by atomic mass is 16.7. The minimum atomic E-state index is -0.884. The van der Waals surface area contributed by atoms with E-state index in [1.54, 1.807) is 0 Å². The molecule has 0 aromatic carbocycles. The Bertz CT molecular complexity index is 1070. The molecule has 0 fully saturated rings. The molecule has 0 heterocycles. The molecule has 0 aromatic rings. The fourth-order valence-electron chi connectivity index (χ4n) is 7.38. The highest BCUT2D eigenvalue weighted by molar-refractivity contribution is 5.70. The number of unbranched alkanes of at least 4 members (excludes halogenated alkanes) is 21. The minimum Gasteiger partial charge on any atom is -0.466 e. The summed E-state index contributed by atoms with van der Waals surface area (Å²) in [6.07, 6.45) is 28.8. The summed E-state index contributed by atoms with van der Waals surface area (Å²) in [5, 5.41) is 18.4. The van der Waals surface area contributed by atoms with Crippen molar-refractivity contribution in [2.75, 3.05) is 79.1 Å². The van der Waals surface area contributed by atoms with Crippen molar-refractivity contribution in [3.63, 3.8) is 0 Å². The van der Waals surface area contributed by atoms with Crippen LogP contribution < -0.4 is 0 Å². The number of hydrogen-bond donors (Lipinski definition) is 2. The van der Waals surface area contributed by atoms with Gasteiger partial charge in [0.15, 0.2) is 6.29 Å². The molecule has 1 atom stereocenters. The first-order valence-corrected chi connectivity index (χ1v) is 26.7. The maximum absolute atomic E-state index is 12.8. The molecule has 14 nitrogen and oxygen atoms in total. The zero-order chi connectivity index (χ0) is 48.4. The van der Waals surface area contributed by atoms with E-state index in [9.17, 15) is 29.4 Å². The highest BCUT2D eigenvalue weighted by Gasteiger charge is 2.19. The van der Waals surface area contributed by atoms with Gasteiger partial charge in [-0.05, 0) is 57.8 Å². The maximum atomic E-state index is 12.8. The monoisotopic (exact) mass is 946 g/mol. The van der Waals surface area contributed by atoms with Crippen molar-refractivity contribution >= 4 is 24.1 Å². The summed E-state index contributed by atoms with van der Waals surface area (Å²) in [6.45, 7) is 9.50. The zero-order valence-electron chi connectivity index (χ0n) is 42.4. The first-order valence-electron chi connectivity index (χ1n) is 26.7. The molecule has 0 aliphatic heterocycles. The Labute approximate surface area is 401 Å². The second-order valence-corrected chi connectivity index (χ2v) is 17.8. The van der Waals surface area contributed by atoms with Gasteiger partial charge in [0.05, 0.1) is 32.3 Å². The lowest BCUT2D eigenvalue weighted by Crippen LogP contribution is -2.31. The third kappa shape index (κ3) is 45.3. The summed E-state index contributed by atoms with van der Waals surface area (Å²) in [5.41, 5.74) is 0. The average Bonchev–Trinajstić information content (AvgIpc) is 3.31. The summed E-state index contributed by atoms with van der Waals surface area (Å²) in [5.74, 6) is -1.45. The van der Waals surface area contributed by atoms with Gasteiger partial charge < -0.3 is 43.4 Å². The van der Waals surface area contributed by atoms with Gasteiger partial charge in [0.25, 0.3) is 0 Å². The molecular weight excluding hydrogens is 847 g/mol. The molecular formula is C52H99NO13. The van der Waals surface area contributed by atoms with Crippen LogP contribution in [0.15, 0.2) is 0 Å². The number of hydrogen-bond acceptors (Lipinski definition) is 14. The molecule has 1 unspecified atom stereocenters. The molecule has 0 saturated carbocycles. The molecule has 0 aromatic heterocycles. The summed E-state index contributed by atoms with van der Waals surface area (Å²) in [4.78, 5) is 51.8. The van der Waals surface area contributed by atoms with Crippen molar-refractivity contribution < 1.29 is 62.5 Å². The smallest absolute Gasteiger partial charge is 0.466 e. The van der Waals surface area contributed by atoms with E-state index >= 15 is 0 Å². The number of carbonyl (C=O) groups excluding carboxylic acids is 4. The van der Waals surface area contributed by atoms with E-state index in [2.05, 4.69) is 20.8 Å². The summed E-state index contributed by atoms with van der Waals surface area (Å²) >= 11 is 0. The molecule has 0 bridgehead atoms. The number of aliphatic hydroxyl groups is 2. The van der Waals surface area contributed by atoms with E-state index < -0.39 is 12.1 Å². The van der Waals surface area contributed by atoms with Gasteiger partial charge in [0.1, 0.15) is 19.8 Å². The molecule has 14 heteroatoms. The normalized spacial score (nSPS) is 11.9. The topological polar surface area (TPSA) is 177 Å². The molecule has 0 amide bonds. The van der Waals surface area contributed by atoms with Gasteiger partial charge in [0.2, 0.25) is 0 Å². The Kier molecular flexibility index (Phi) is 48.4. The van der Waals surface area contributed by atoms with Crippen LogP contribution in [0.1, 0.15) is 220 Å². The fraction of sp³-hybridized carbons (Fsp3) is 0.923. The Morgan fingerprint density at radius 3 is 1.24 bits per heavy atom. The molecule has 0 aliphatic rings. The van der Waals surface area contributed by atoms with E-state index in [1.807, 2.05) is 4.90 Å². The number of aliphatic hydroxyl groups excluding tert-OH is 2. The van der Waals surface area contributed by atoms with Crippen LogP contribution in [0.3, 0.4) is 0 Å². The van der Waals surface area contributed by atoms with Crippen molar-refractivity contribution in [3.05, 3.63) is 0 Å². The summed E-state index contributed by atoms with van der Waals surface area (Å²) < 4.78 is 39.3. The molecule has 0 rings (SSSR count). The van der Waals surface area contributed by atoms with Gasteiger partial charge in [0, 0.05) is 52.1 Å². The molecule has 0 radical (unpaired) electrons. The van der Waals surface area contributed by atoms with Crippen LogP contribution in [-0.4, -0.2) is 125 Å². The molecule has 0 spiro atoms. The van der Waals surface area contributed by atoms with Crippen molar-refractivity contribution in [1.29, 1.82) is 0 Å². The van der Waals surface area contributed by atoms with Crippen LogP contribution in [0, 0.1) is 5.92 Å². The van der Waals surface area contributed by atoms with Gasteiger partial charge in [-0.15, -0.1) is 0 Å². The second-order valence-electron chi connectivity index (χ2n) is 17.8. The molecule has 390 valence electrons. The quantitative estimate of drug-likeness (QED) is 0.0255. The molecule has 66 heavy (non-hydrogen) atoms. The lowest BCUT2D eigenvalue weighted by Gasteiger charge is -2.20. The largest absolute Gasteiger partial charge is 0.508 e. The SMILES string of the molecule is CCCCCCCCOC(=O)CCCCCCCCC(=O)OCC(COC(=O)CCCCC(OCCCCCCCC)OCCCCCCCC)COC(=O)OCCCN(CCO)CCO. The zero-order valence-corrected chi connectivity index (χ0v) is 42.4. The number of esters is 3. The van der Waals surface area contributed by atoms with Crippen molar-refractivity contribution in [2.24, 2.45) is 5.92 Å². The summed E-state index contributed by atoms with van der Waals surface area (Å²) in [6, 6.07) is 0. The van der Waals surface area contributed by atoms with Crippen molar-refractivity contribution in [3.8, 4) is 0 Å². The Balaban J connectivity index is 4.79. The first kappa shape index (κ1) is 63.5. The predicted octanol–water partition coefficient (Wildman–Crippen LogP) is 11.2. The van der Waals surface area contributed by atoms with E-state index in [0.29, 0.717) is 71.6 Å². The van der Waals surface area contributed by atoms with E-state index in [-0.39, 0.29) is 76.7 Å². The first-order chi connectivity index (χ1) is 32.3. The molecule has 0 saturated heterocycles. The fourth-order valence-corrected chi connectivity index (χ4v) is 7.38. The van der Waals surface area contributed by atoms with Crippen molar-refractivity contribution in [1.82, 2.24) is 4.90 Å². The number of ether oxygens (including phenoxy) is 7. The lowest BCUT2D eigenvalue weighted by atomic mass is 10.1. The van der Waals surface area contributed by atoms with Gasteiger partial charge in [-0.1, -0.05) is 143 Å². The average molecular weight is 946 g/mol. The van der Waals surface area contributed by atoms with Crippen LogP contribution >= 0.6 is 0 Å². The molecule has 2 N–H and O–H groups in total. The Hall–Kier alpha value is -2.52. The van der Waals surface area contributed by atoms with Crippen LogP contribution in [0.2, 0.25) is 0 Å². The number of carbonyl (C=O) groups is 4. The van der Waals surface area contributed by atoms with Crippen LogP contribution in [0.25, 0.3) is 0 Å². The third-order valence-electron chi connectivity index (χ3n) is 11.5. The van der Waals surface area contributed by atoms with Gasteiger partial charge in [-0.3, -0.25) is 19.3 Å². The molecule has 0 aliphatic carbocycles. The lowest BCUT2D eigenvalue weighted by molar-refractivity contribution is -0.152. The standard InChI is InChI=1S/C52H99NO13/c1-4-7-10-13-20-27-40-60-48(56)31-23-18-16-17-19-24-32-49(57)64-44-47(46-66-52(59)63-43-30-35-53(36-38-54)37-39-55)45-65-50(58)33-25-26-34-51(61-41-28-21-14-11-8-5-2)62-42-29-22-15-12-9-6-3/h47,51,54-55H,4-46H2,1-3H3. The second kappa shape index (κ2) is 50.4. The highest BCUT2D eigenvalue weighted by Crippen LogP contribution is 2.15. The van der Waals surface area contributed by atoms with Gasteiger partial charge in [-0.25, -0.2) is 4.79 Å². The van der Waals surface area contributed by atoms with E-state index in [0.717, 1.165) is 77.0 Å². The van der Waals surface area contributed by atoms with Gasteiger partial charge >= 0.3 is 24.1 Å². The summed E-state index contributed by atoms with van der Waals surface area (Å²) in [7, 11) is 0. The minimum absolute atomic E-state index is 0.0391. The van der Waals surface area contributed by atoms with Gasteiger partial charge in [-0.2, -0.15) is 0 Å². The Morgan fingerprint density at radius 1 is 0.394 bits per heavy atom. The van der Waals surface area contributed by atoms with E-state index in [1.165, 1.54) is 77.0 Å². The van der Waals surface area contributed by atoms with E-state index in [4.69, 9.17) is 33.2 Å². The maximum Gasteiger partial charge on any atom is 0.508 e. The predicted molar refractivity (Wildman–Crippen MR) is 260 cm³/mol. The van der Waals surface area contributed by atoms with Crippen LogP contribution in [0.4, 0.5) is 4.79 Å². The number of rotatable bonds is 51.